The molecule has 1 aromatic heterocycles. The van der Waals surface area contributed by atoms with E-state index in [0.717, 1.165) is 29.8 Å². The van der Waals surface area contributed by atoms with Crippen LogP contribution in [0.1, 0.15) is 45.1 Å². The van der Waals surface area contributed by atoms with Crippen LogP contribution in [0, 0.1) is 11.7 Å². The van der Waals surface area contributed by atoms with Gasteiger partial charge < -0.3 is 9.64 Å². The number of ether oxygens (including phenoxy) is 1. The average Bonchev–Trinajstić information content (AvgIpc) is 3.34. The van der Waals surface area contributed by atoms with E-state index in [1.54, 1.807) is 16.8 Å². The molecule has 1 saturated carbocycles. The molecule has 6 nitrogen and oxygen atoms in total. The Bertz CT molecular complexity index is 1030. The van der Waals surface area contributed by atoms with Crippen LogP contribution in [0.15, 0.2) is 42.5 Å². The summed E-state index contributed by atoms with van der Waals surface area (Å²) >= 11 is 0. The lowest BCUT2D eigenvalue weighted by molar-refractivity contribution is 0.242. The third-order valence-electron chi connectivity index (χ3n) is 6.28. The Hall–Kier alpha value is -2.96. The molecule has 31 heavy (non-hydrogen) atoms. The van der Waals surface area contributed by atoms with Crippen molar-refractivity contribution in [1.82, 2.24) is 20.2 Å². The first kappa shape index (κ1) is 21.3. The molecule has 2 aromatic carbocycles. The predicted octanol–water partition coefficient (Wildman–Crippen LogP) is 4.82. The van der Waals surface area contributed by atoms with Gasteiger partial charge in [0.1, 0.15) is 11.6 Å². The fraction of sp³-hybridized carbons (Fsp3) is 0.458. The maximum Gasteiger partial charge on any atom is 0.181 e. The first-order valence-electron chi connectivity index (χ1n) is 10.9. The number of rotatable bonds is 6. The molecule has 1 fully saturated rings. The second-order valence-corrected chi connectivity index (χ2v) is 8.79. The van der Waals surface area contributed by atoms with E-state index in [4.69, 9.17) is 4.74 Å². The van der Waals surface area contributed by atoms with Crippen molar-refractivity contribution in [1.29, 1.82) is 0 Å². The number of halogens is 1. The van der Waals surface area contributed by atoms with Crippen LogP contribution < -0.4 is 9.64 Å². The van der Waals surface area contributed by atoms with Gasteiger partial charge in [0.2, 0.25) is 0 Å². The molecule has 0 radical (unpaired) electrons. The number of nitrogens with zero attached hydrogens (tertiary/aromatic N) is 5. The van der Waals surface area contributed by atoms with Gasteiger partial charge in [-0.3, -0.25) is 0 Å². The highest BCUT2D eigenvalue weighted by Crippen LogP contribution is 2.45. The summed E-state index contributed by atoms with van der Waals surface area (Å²) in [4.78, 5) is 2.32. The highest BCUT2D eigenvalue weighted by atomic mass is 19.1. The van der Waals surface area contributed by atoms with Crippen molar-refractivity contribution in [2.24, 2.45) is 13.0 Å². The van der Waals surface area contributed by atoms with E-state index in [9.17, 15) is 4.39 Å². The molecule has 164 valence electrons. The molecular formula is C24H30FN5O. The van der Waals surface area contributed by atoms with Crippen LogP contribution in [0.5, 0.6) is 5.75 Å². The van der Waals surface area contributed by atoms with Crippen LogP contribution in [0.2, 0.25) is 0 Å². The topological polar surface area (TPSA) is 56.1 Å². The number of hydrogen-bond acceptors (Lipinski definition) is 5. The molecule has 1 unspecified atom stereocenters. The van der Waals surface area contributed by atoms with Crippen LogP contribution in [-0.4, -0.2) is 39.4 Å². The van der Waals surface area contributed by atoms with Crippen molar-refractivity contribution in [2.75, 3.05) is 11.9 Å². The number of aromatic nitrogens is 4. The predicted molar refractivity (Wildman–Crippen MR) is 120 cm³/mol. The van der Waals surface area contributed by atoms with E-state index in [0.29, 0.717) is 17.7 Å². The number of benzene rings is 2. The highest BCUT2D eigenvalue weighted by molar-refractivity contribution is 5.69. The number of anilines is 1. The Morgan fingerprint density at radius 3 is 2.52 bits per heavy atom. The van der Waals surface area contributed by atoms with Crippen LogP contribution in [0.4, 0.5) is 10.1 Å². The first-order chi connectivity index (χ1) is 14.8. The fourth-order valence-electron chi connectivity index (χ4n) is 4.78. The molecule has 1 aliphatic rings. The highest BCUT2D eigenvalue weighted by Gasteiger charge is 2.38. The Morgan fingerprint density at radius 2 is 1.87 bits per heavy atom. The summed E-state index contributed by atoms with van der Waals surface area (Å²) < 4.78 is 21.4. The minimum absolute atomic E-state index is 0.0601. The molecule has 0 spiro atoms. The Kier molecular flexibility index (Phi) is 5.94. The molecule has 3 aromatic rings. The molecule has 4 rings (SSSR count). The van der Waals surface area contributed by atoms with Crippen molar-refractivity contribution in [2.45, 2.75) is 51.7 Å². The normalized spacial score (nSPS) is 20.9. The van der Waals surface area contributed by atoms with E-state index >= 15 is 0 Å². The number of likely N-dealkylation sites (N-methyl/N-ethyl adjacent to an activating group) is 1. The van der Waals surface area contributed by atoms with Crippen LogP contribution in [0.3, 0.4) is 0 Å². The van der Waals surface area contributed by atoms with Gasteiger partial charge in [0.15, 0.2) is 5.82 Å². The molecule has 0 saturated heterocycles. The Labute approximate surface area is 183 Å². The maximum atomic E-state index is 13.5. The van der Waals surface area contributed by atoms with E-state index < -0.39 is 0 Å². The van der Waals surface area contributed by atoms with Crippen molar-refractivity contribution < 1.29 is 9.13 Å². The van der Waals surface area contributed by atoms with E-state index in [1.807, 2.05) is 45.2 Å². The summed E-state index contributed by atoms with van der Waals surface area (Å²) in [5.74, 6) is 2.18. The summed E-state index contributed by atoms with van der Waals surface area (Å²) in [6.45, 7) is 6.35. The van der Waals surface area contributed by atoms with Crippen molar-refractivity contribution in [3.63, 3.8) is 0 Å². The van der Waals surface area contributed by atoms with Crippen molar-refractivity contribution in [3.05, 3.63) is 53.8 Å². The monoisotopic (exact) mass is 423 g/mol. The largest absolute Gasteiger partial charge is 0.489 e. The minimum atomic E-state index is -0.197. The lowest BCUT2D eigenvalue weighted by Gasteiger charge is -2.34. The van der Waals surface area contributed by atoms with Gasteiger partial charge in [-0.15, -0.1) is 5.10 Å². The number of hydrogen-bond donors (Lipinski definition) is 0. The fourth-order valence-corrected chi connectivity index (χ4v) is 4.78. The third-order valence-corrected chi connectivity index (χ3v) is 6.28. The molecule has 0 bridgehead atoms. The van der Waals surface area contributed by atoms with Gasteiger partial charge in [0.25, 0.3) is 0 Å². The summed E-state index contributed by atoms with van der Waals surface area (Å²) in [7, 11) is 3.96. The second-order valence-electron chi connectivity index (χ2n) is 8.79. The first-order valence-corrected chi connectivity index (χ1v) is 10.9. The molecule has 1 heterocycles. The SMILES string of the molecule is CC(C)Oc1ccc(-c2nnnn2C)cc1N(C)[C@H]1CCC(C)[C@H]1c1ccc(F)cc1. The van der Waals surface area contributed by atoms with E-state index in [-0.39, 0.29) is 18.0 Å². The standard InChI is InChI=1S/C24H30FN5O/c1-15(2)31-22-13-9-18(24-26-27-28-30(24)5)14-21(22)29(4)20-12-6-16(3)23(20)17-7-10-19(25)11-8-17/h7-11,13-16,20,23H,6,12H2,1-5H3/t16?,20-,23-/m0/s1. The van der Waals surface area contributed by atoms with Gasteiger partial charge in [-0.1, -0.05) is 19.1 Å². The third kappa shape index (κ3) is 4.27. The van der Waals surface area contributed by atoms with Gasteiger partial charge >= 0.3 is 0 Å². The number of aryl methyl sites for hydroxylation is 1. The maximum absolute atomic E-state index is 13.5. The lowest BCUT2D eigenvalue weighted by atomic mass is 9.87. The number of tetrazole rings is 1. The summed E-state index contributed by atoms with van der Waals surface area (Å²) in [5, 5.41) is 11.9. The zero-order valence-corrected chi connectivity index (χ0v) is 18.8. The van der Waals surface area contributed by atoms with Crippen molar-refractivity contribution >= 4 is 5.69 Å². The zero-order chi connectivity index (χ0) is 22.1. The lowest BCUT2D eigenvalue weighted by Crippen LogP contribution is -2.35. The van der Waals surface area contributed by atoms with Gasteiger partial charge in [-0.25, -0.2) is 9.07 Å². The molecule has 0 amide bonds. The van der Waals surface area contributed by atoms with Gasteiger partial charge in [-0.2, -0.15) is 0 Å². The molecule has 7 heteroatoms. The molecule has 3 atom stereocenters. The summed E-state index contributed by atoms with van der Waals surface area (Å²) in [5.41, 5.74) is 3.14. The minimum Gasteiger partial charge on any atom is -0.489 e. The smallest absolute Gasteiger partial charge is 0.181 e. The summed E-state index contributed by atoms with van der Waals surface area (Å²) in [6, 6.07) is 13.4. The zero-order valence-electron chi connectivity index (χ0n) is 18.8. The van der Waals surface area contributed by atoms with Crippen LogP contribution in [-0.2, 0) is 7.05 Å². The van der Waals surface area contributed by atoms with E-state index in [1.165, 1.54) is 5.56 Å². The van der Waals surface area contributed by atoms with Gasteiger partial charge in [0, 0.05) is 31.6 Å². The average molecular weight is 424 g/mol. The van der Waals surface area contributed by atoms with Gasteiger partial charge in [-0.05, 0) is 78.9 Å². The van der Waals surface area contributed by atoms with Crippen molar-refractivity contribution in [3.8, 4) is 17.1 Å². The Morgan fingerprint density at radius 1 is 1.13 bits per heavy atom. The Balaban J connectivity index is 1.73. The van der Waals surface area contributed by atoms with Crippen LogP contribution in [0.25, 0.3) is 11.4 Å². The van der Waals surface area contributed by atoms with E-state index in [2.05, 4.69) is 40.5 Å². The van der Waals surface area contributed by atoms with Crippen LogP contribution >= 0.6 is 0 Å². The second kappa shape index (κ2) is 8.65. The van der Waals surface area contributed by atoms with Gasteiger partial charge in [0.05, 0.1) is 11.8 Å². The molecule has 0 aliphatic heterocycles. The molecule has 1 aliphatic carbocycles. The quantitative estimate of drug-likeness (QED) is 0.569. The molecular weight excluding hydrogens is 393 g/mol. The summed E-state index contributed by atoms with van der Waals surface area (Å²) in [6.07, 6.45) is 2.26. The molecule has 0 N–H and O–H groups in total.